The molecule has 0 atom stereocenters. The van der Waals surface area contributed by atoms with Crippen molar-refractivity contribution in [1.29, 1.82) is 0 Å². The van der Waals surface area contributed by atoms with Gasteiger partial charge in [-0.15, -0.1) is 0 Å². The van der Waals surface area contributed by atoms with E-state index < -0.39 is 11.8 Å². The summed E-state index contributed by atoms with van der Waals surface area (Å²) in [5.74, 6) is -1.12. The molecule has 0 heterocycles. The molecule has 0 aliphatic carbocycles. The molecule has 0 aliphatic rings. The quantitative estimate of drug-likeness (QED) is 0.516. The molecule has 0 spiro atoms. The van der Waals surface area contributed by atoms with E-state index in [1.807, 2.05) is 12.1 Å². The Morgan fingerprint density at radius 1 is 0.773 bits per heavy atom. The Kier molecular flexibility index (Phi) is 4.55. The molecule has 114 valence electrons. The summed E-state index contributed by atoms with van der Waals surface area (Å²) in [6.45, 7) is 3.54. The van der Waals surface area contributed by atoms with Crippen molar-refractivity contribution in [3.8, 4) is 11.1 Å². The van der Waals surface area contributed by atoms with E-state index >= 15 is 0 Å². The summed E-state index contributed by atoms with van der Waals surface area (Å²) in [4.78, 5) is 22.9. The highest BCUT2D eigenvalue weighted by Gasteiger charge is 2.11. The molecule has 0 fully saturated rings. The summed E-state index contributed by atoms with van der Waals surface area (Å²) in [5, 5.41) is 17.4. The number of carbonyl (C=O) groups excluding carboxylic acids is 2. The minimum Gasteiger partial charge on any atom is -0.288 e. The minimum atomic E-state index is -0.560. The van der Waals surface area contributed by atoms with E-state index in [0.717, 1.165) is 22.3 Å². The van der Waals surface area contributed by atoms with Crippen LogP contribution in [0.5, 0.6) is 0 Å². The molecule has 22 heavy (non-hydrogen) atoms. The zero-order chi connectivity index (χ0) is 16.3. The summed E-state index contributed by atoms with van der Waals surface area (Å²) in [7, 11) is 0. The van der Waals surface area contributed by atoms with Crippen LogP contribution in [-0.4, -0.2) is 22.2 Å². The molecule has 2 aromatic rings. The van der Waals surface area contributed by atoms with Crippen molar-refractivity contribution in [2.24, 2.45) is 0 Å². The summed E-state index contributed by atoms with van der Waals surface area (Å²) < 4.78 is 0. The first-order chi connectivity index (χ1) is 10.5. The van der Waals surface area contributed by atoms with E-state index in [1.165, 1.54) is 0 Å². The molecule has 0 saturated carbocycles. The Morgan fingerprint density at radius 2 is 1.14 bits per heavy atom. The van der Waals surface area contributed by atoms with Gasteiger partial charge in [-0.2, -0.15) is 0 Å². The van der Waals surface area contributed by atoms with Crippen molar-refractivity contribution < 1.29 is 20.0 Å². The number of nitrogens with one attached hydrogen (secondary N) is 2. The van der Waals surface area contributed by atoms with Gasteiger partial charge in [-0.1, -0.05) is 24.3 Å². The lowest BCUT2D eigenvalue weighted by molar-refractivity contribution is 0.0701. The summed E-state index contributed by atoms with van der Waals surface area (Å²) in [6, 6.07) is 10.4. The van der Waals surface area contributed by atoms with Crippen LogP contribution in [0.15, 0.2) is 36.4 Å². The van der Waals surface area contributed by atoms with Crippen LogP contribution in [0, 0.1) is 13.8 Å². The van der Waals surface area contributed by atoms with Gasteiger partial charge in [0, 0.05) is 11.1 Å². The number of amides is 2. The third-order valence-corrected chi connectivity index (χ3v) is 3.48. The van der Waals surface area contributed by atoms with Gasteiger partial charge < -0.3 is 0 Å². The lowest BCUT2D eigenvalue weighted by Gasteiger charge is -2.10. The highest BCUT2D eigenvalue weighted by Crippen LogP contribution is 2.24. The van der Waals surface area contributed by atoms with Crippen molar-refractivity contribution >= 4 is 11.8 Å². The number of hydrogen-bond acceptors (Lipinski definition) is 4. The smallest absolute Gasteiger partial charge is 0.274 e. The highest BCUT2D eigenvalue weighted by atomic mass is 16.5. The average molecular weight is 300 g/mol. The molecule has 0 aliphatic heterocycles. The molecular formula is C16H16N2O4. The van der Waals surface area contributed by atoms with Crippen LogP contribution >= 0.6 is 0 Å². The standard InChI is InChI=1S/C16H16N2O4/c1-9-7-11(3-5-13(9)15(19)17-21)12-4-6-14(10(2)8-12)16(20)18-22/h3-8,21-22H,1-2H3,(H,17,19)(H,18,20). The van der Waals surface area contributed by atoms with Gasteiger partial charge in [0.25, 0.3) is 11.8 Å². The number of hydrogen-bond donors (Lipinski definition) is 4. The predicted octanol–water partition coefficient (Wildman–Crippen LogP) is 2.21. The van der Waals surface area contributed by atoms with E-state index in [2.05, 4.69) is 0 Å². The van der Waals surface area contributed by atoms with Crippen LogP contribution in [0.4, 0.5) is 0 Å². The van der Waals surface area contributed by atoms with Crippen molar-refractivity contribution in [2.45, 2.75) is 13.8 Å². The third kappa shape index (κ3) is 2.98. The fourth-order valence-corrected chi connectivity index (χ4v) is 2.32. The van der Waals surface area contributed by atoms with E-state index in [-0.39, 0.29) is 0 Å². The number of carbonyl (C=O) groups is 2. The van der Waals surface area contributed by atoms with Crippen LogP contribution < -0.4 is 11.0 Å². The summed E-state index contributed by atoms with van der Waals surface area (Å²) in [5.41, 5.74) is 7.20. The van der Waals surface area contributed by atoms with Gasteiger partial charge in [-0.05, 0) is 48.2 Å². The van der Waals surface area contributed by atoms with E-state index in [4.69, 9.17) is 10.4 Å². The molecule has 0 aromatic heterocycles. The molecule has 6 heteroatoms. The fraction of sp³-hybridized carbons (Fsp3) is 0.125. The fourth-order valence-electron chi connectivity index (χ4n) is 2.32. The highest BCUT2D eigenvalue weighted by molar-refractivity contribution is 5.96. The van der Waals surface area contributed by atoms with E-state index in [9.17, 15) is 9.59 Å². The molecular weight excluding hydrogens is 284 g/mol. The van der Waals surface area contributed by atoms with Gasteiger partial charge in [0.05, 0.1) is 0 Å². The molecule has 2 rings (SSSR count). The number of aryl methyl sites for hydroxylation is 2. The van der Waals surface area contributed by atoms with Gasteiger partial charge in [0.1, 0.15) is 0 Å². The zero-order valence-corrected chi connectivity index (χ0v) is 12.2. The second-order valence-corrected chi connectivity index (χ2v) is 4.94. The second-order valence-electron chi connectivity index (χ2n) is 4.94. The molecule has 2 aromatic carbocycles. The number of hydroxylamine groups is 2. The molecule has 6 nitrogen and oxygen atoms in total. The first kappa shape index (κ1) is 15.7. The number of rotatable bonds is 3. The van der Waals surface area contributed by atoms with Crippen LogP contribution in [0.25, 0.3) is 11.1 Å². The third-order valence-electron chi connectivity index (χ3n) is 3.48. The molecule has 0 bridgehead atoms. The largest absolute Gasteiger partial charge is 0.288 e. The Morgan fingerprint density at radius 3 is 1.41 bits per heavy atom. The monoisotopic (exact) mass is 300 g/mol. The average Bonchev–Trinajstić information content (AvgIpc) is 2.53. The lowest BCUT2D eigenvalue weighted by Crippen LogP contribution is -2.19. The van der Waals surface area contributed by atoms with Crippen molar-refractivity contribution in [1.82, 2.24) is 11.0 Å². The van der Waals surface area contributed by atoms with Crippen LogP contribution in [0.3, 0.4) is 0 Å². The lowest BCUT2D eigenvalue weighted by atomic mass is 9.96. The molecule has 0 radical (unpaired) electrons. The minimum absolute atomic E-state index is 0.388. The maximum Gasteiger partial charge on any atom is 0.274 e. The first-order valence-electron chi connectivity index (χ1n) is 6.58. The molecule has 0 saturated heterocycles. The second kappa shape index (κ2) is 6.38. The van der Waals surface area contributed by atoms with Gasteiger partial charge in [-0.25, -0.2) is 11.0 Å². The van der Waals surface area contributed by atoms with Gasteiger partial charge >= 0.3 is 0 Å². The summed E-state index contributed by atoms with van der Waals surface area (Å²) in [6.07, 6.45) is 0. The topological polar surface area (TPSA) is 98.7 Å². The molecule has 0 unspecified atom stereocenters. The predicted molar refractivity (Wildman–Crippen MR) is 79.9 cm³/mol. The Hall–Kier alpha value is -2.70. The number of benzene rings is 2. The normalized spacial score (nSPS) is 10.2. The van der Waals surface area contributed by atoms with Crippen LogP contribution in [0.2, 0.25) is 0 Å². The Labute approximate surface area is 127 Å². The SMILES string of the molecule is Cc1cc(-c2ccc(C(=O)NO)c(C)c2)ccc1C(=O)NO. The van der Waals surface area contributed by atoms with Crippen LogP contribution in [0.1, 0.15) is 31.8 Å². The molecule has 2 amide bonds. The zero-order valence-electron chi connectivity index (χ0n) is 12.2. The maximum absolute atomic E-state index is 11.5. The summed E-state index contributed by atoms with van der Waals surface area (Å²) >= 11 is 0. The maximum atomic E-state index is 11.5. The Balaban J connectivity index is 2.41. The van der Waals surface area contributed by atoms with Gasteiger partial charge in [-0.3, -0.25) is 20.0 Å². The first-order valence-corrected chi connectivity index (χ1v) is 6.58. The van der Waals surface area contributed by atoms with Crippen molar-refractivity contribution in [3.05, 3.63) is 58.7 Å². The van der Waals surface area contributed by atoms with Crippen LogP contribution in [-0.2, 0) is 0 Å². The van der Waals surface area contributed by atoms with Crippen molar-refractivity contribution in [2.75, 3.05) is 0 Å². The van der Waals surface area contributed by atoms with E-state index in [0.29, 0.717) is 11.1 Å². The van der Waals surface area contributed by atoms with E-state index in [1.54, 1.807) is 49.1 Å². The molecule has 4 N–H and O–H groups in total. The van der Waals surface area contributed by atoms with Crippen molar-refractivity contribution in [3.63, 3.8) is 0 Å². The van der Waals surface area contributed by atoms with Gasteiger partial charge in [0.15, 0.2) is 0 Å². The van der Waals surface area contributed by atoms with Gasteiger partial charge in [0.2, 0.25) is 0 Å². The Bertz CT molecular complexity index is 677.